The Balaban J connectivity index is 1.96. The number of ether oxygens (including phenoxy) is 1. The summed E-state index contributed by atoms with van der Waals surface area (Å²) in [6.45, 7) is 5.98. The third-order valence-corrected chi connectivity index (χ3v) is 6.93. The van der Waals surface area contributed by atoms with Crippen molar-refractivity contribution in [3.63, 3.8) is 0 Å². The zero-order chi connectivity index (χ0) is 20.7. The number of benzene rings is 1. The Bertz CT molecular complexity index is 776. The molecule has 1 amide bonds. The van der Waals surface area contributed by atoms with Crippen molar-refractivity contribution in [2.75, 3.05) is 13.2 Å². The molecule has 1 aliphatic rings. The summed E-state index contributed by atoms with van der Waals surface area (Å²) in [5.74, 6) is -1.01. The molecule has 0 aliphatic carbocycles. The lowest BCUT2D eigenvalue weighted by atomic mass is 10.1. The quantitative estimate of drug-likeness (QED) is 0.665. The Morgan fingerprint density at radius 3 is 2.54 bits per heavy atom. The molecule has 7 nitrogen and oxygen atoms in total. The van der Waals surface area contributed by atoms with E-state index in [4.69, 9.17) is 4.74 Å². The molecule has 0 bridgehead atoms. The Hall–Kier alpha value is -1.93. The fraction of sp³-hybridized carbons (Fsp3) is 0.600. The van der Waals surface area contributed by atoms with Gasteiger partial charge in [0, 0.05) is 18.6 Å². The first kappa shape index (κ1) is 22.4. The zero-order valence-corrected chi connectivity index (χ0v) is 17.6. The number of nitrogens with one attached hydrogen (secondary N) is 1. The zero-order valence-electron chi connectivity index (χ0n) is 16.8. The van der Waals surface area contributed by atoms with Crippen LogP contribution in [0, 0.1) is 0 Å². The van der Waals surface area contributed by atoms with Gasteiger partial charge in [0.05, 0.1) is 10.5 Å². The average molecular weight is 411 g/mol. The second-order valence-corrected chi connectivity index (χ2v) is 9.21. The van der Waals surface area contributed by atoms with Gasteiger partial charge in [-0.25, -0.2) is 13.2 Å². The Morgan fingerprint density at radius 1 is 1.25 bits per heavy atom. The summed E-state index contributed by atoms with van der Waals surface area (Å²) in [6, 6.07) is 5.66. The van der Waals surface area contributed by atoms with Crippen LogP contribution in [0.25, 0.3) is 0 Å². The molecule has 1 aliphatic heterocycles. The van der Waals surface area contributed by atoms with Crippen LogP contribution in [-0.4, -0.2) is 49.8 Å². The van der Waals surface area contributed by atoms with Crippen LogP contribution in [0.2, 0.25) is 0 Å². The lowest BCUT2D eigenvalue weighted by Crippen LogP contribution is -2.41. The van der Waals surface area contributed by atoms with E-state index in [1.807, 2.05) is 20.8 Å². The van der Waals surface area contributed by atoms with Crippen LogP contribution in [0.3, 0.4) is 0 Å². The van der Waals surface area contributed by atoms with E-state index in [0.717, 1.165) is 32.1 Å². The molecule has 1 fully saturated rings. The van der Waals surface area contributed by atoms with Crippen LogP contribution in [0.4, 0.5) is 0 Å². The van der Waals surface area contributed by atoms with Gasteiger partial charge in [-0.15, -0.1) is 0 Å². The molecule has 1 aromatic rings. The van der Waals surface area contributed by atoms with Crippen molar-refractivity contribution in [1.29, 1.82) is 0 Å². The van der Waals surface area contributed by atoms with E-state index in [0.29, 0.717) is 6.54 Å². The predicted octanol–water partition coefficient (Wildman–Crippen LogP) is 2.71. The highest BCUT2D eigenvalue weighted by Gasteiger charge is 2.31. The number of nitrogens with zero attached hydrogens (tertiary/aromatic N) is 1. The van der Waals surface area contributed by atoms with E-state index in [9.17, 15) is 18.0 Å². The van der Waals surface area contributed by atoms with Gasteiger partial charge in [0.2, 0.25) is 10.0 Å². The van der Waals surface area contributed by atoms with Gasteiger partial charge >= 0.3 is 5.97 Å². The van der Waals surface area contributed by atoms with Crippen molar-refractivity contribution in [2.45, 2.75) is 69.9 Å². The summed E-state index contributed by atoms with van der Waals surface area (Å²) < 4.78 is 32.1. The number of amides is 1. The Kier molecular flexibility index (Phi) is 8.00. The van der Waals surface area contributed by atoms with Crippen LogP contribution in [0.15, 0.2) is 29.2 Å². The van der Waals surface area contributed by atoms with Crippen molar-refractivity contribution in [3.05, 3.63) is 29.8 Å². The van der Waals surface area contributed by atoms with Crippen molar-refractivity contribution in [3.8, 4) is 0 Å². The lowest BCUT2D eigenvalue weighted by molar-refractivity contribution is -0.124. The number of carbonyl (C=O) groups excluding carboxylic acids is 2. The number of rotatable bonds is 8. The van der Waals surface area contributed by atoms with Crippen molar-refractivity contribution < 1.29 is 22.7 Å². The van der Waals surface area contributed by atoms with Crippen molar-refractivity contribution >= 4 is 21.9 Å². The van der Waals surface area contributed by atoms with Gasteiger partial charge in [-0.3, -0.25) is 4.79 Å². The van der Waals surface area contributed by atoms with Crippen LogP contribution in [0.1, 0.15) is 63.2 Å². The molecule has 156 valence electrons. The molecular formula is C20H30N2O5S. The first-order chi connectivity index (χ1) is 13.3. The molecule has 0 unspecified atom stereocenters. The van der Waals surface area contributed by atoms with Gasteiger partial charge in [0.15, 0.2) is 6.61 Å². The number of piperidine rings is 1. The highest BCUT2D eigenvalue weighted by Crippen LogP contribution is 2.25. The Labute approximate surface area is 167 Å². The van der Waals surface area contributed by atoms with E-state index in [2.05, 4.69) is 5.32 Å². The second-order valence-electron chi connectivity index (χ2n) is 7.32. The number of carbonyl (C=O) groups is 2. The molecule has 28 heavy (non-hydrogen) atoms. The van der Waals surface area contributed by atoms with Crippen LogP contribution >= 0.6 is 0 Å². The minimum Gasteiger partial charge on any atom is -0.452 e. The molecule has 0 spiro atoms. The minimum absolute atomic E-state index is 0.0258. The molecule has 0 aromatic heterocycles. The monoisotopic (exact) mass is 410 g/mol. The second kappa shape index (κ2) is 10.0. The van der Waals surface area contributed by atoms with E-state index >= 15 is 0 Å². The van der Waals surface area contributed by atoms with Gasteiger partial charge in [0.1, 0.15) is 0 Å². The van der Waals surface area contributed by atoms with E-state index in [1.165, 1.54) is 28.6 Å². The highest BCUT2D eigenvalue weighted by atomic mass is 32.2. The fourth-order valence-electron chi connectivity index (χ4n) is 3.36. The number of hydrogen-bond donors (Lipinski definition) is 1. The molecular weight excluding hydrogens is 380 g/mol. The lowest BCUT2D eigenvalue weighted by Gasteiger charge is -2.32. The maximum atomic E-state index is 12.8. The summed E-state index contributed by atoms with van der Waals surface area (Å²) in [6.07, 6.45) is 4.54. The SMILES string of the molecule is CCC[C@H](C)NC(=O)COC(=O)c1ccc(S(=O)(=O)N2CCCC[C@@H]2C)cc1. The summed E-state index contributed by atoms with van der Waals surface area (Å²) in [7, 11) is -3.58. The number of esters is 1. The van der Waals surface area contributed by atoms with Gasteiger partial charge in [0.25, 0.3) is 5.91 Å². The van der Waals surface area contributed by atoms with E-state index in [-0.39, 0.29) is 35.1 Å². The molecule has 8 heteroatoms. The van der Waals surface area contributed by atoms with Gasteiger partial charge < -0.3 is 10.1 Å². The van der Waals surface area contributed by atoms with E-state index < -0.39 is 16.0 Å². The highest BCUT2D eigenvalue weighted by molar-refractivity contribution is 7.89. The van der Waals surface area contributed by atoms with Gasteiger partial charge in [-0.05, 0) is 57.4 Å². The molecule has 2 rings (SSSR count). The molecule has 1 aromatic carbocycles. The summed E-state index contributed by atoms with van der Waals surface area (Å²) >= 11 is 0. The standard InChI is InChI=1S/C20H30N2O5S/c1-4-7-15(2)21-19(23)14-27-20(24)17-9-11-18(12-10-17)28(25,26)22-13-6-5-8-16(22)3/h9-12,15-16H,4-8,13-14H2,1-3H3,(H,21,23)/t15-,16-/m0/s1. The maximum Gasteiger partial charge on any atom is 0.338 e. The van der Waals surface area contributed by atoms with Crippen molar-refractivity contribution in [1.82, 2.24) is 9.62 Å². The smallest absolute Gasteiger partial charge is 0.338 e. The maximum absolute atomic E-state index is 12.8. The minimum atomic E-state index is -3.58. The normalized spacial score (nSPS) is 19.0. The third-order valence-electron chi connectivity index (χ3n) is 4.90. The molecule has 2 atom stereocenters. The summed E-state index contributed by atoms with van der Waals surface area (Å²) in [5, 5.41) is 2.76. The number of sulfonamides is 1. The Morgan fingerprint density at radius 2 is 1.93 bits per heavy atom. The van der Waals surface area contributed by atoms with Gasteiger partial charge in [-0.2, -0.15) is 4.31 Å². The van der Waals surface area contributed by atoms with Crippen LogP contribution in [0.5, 0.6) is 0 Å². The summed E-state index contributed by atoms with van der Waals surface area (Å²) in [4.78, 5) is 24.1. The number of hydrogen-bond acceptors (Lipinski definition) is 5. The van der Waals surface area contributed by atoms with Crippen molar-refractivity contribution in [2.24, 2.45) is 0 Å². The third kappa shape index (κ3) is 5.78. The summed E-state index contributed by atoms with van der Waals surface area (Å²) in [5.41, 5.74) is 0.208. The first-order valence-corrected chi connectivity index (χ1v) is 11.3. The van der Waals surface area contributed by atoms with Gasteiger partial charge in [-0.1, -0.05) is 19.8 Å². The largest absolute Gasteiger partial charge is 0.452 e. The van der Waals surface area contributed by atoms with E-state index in [1.54, 1.807) is 0 Å². The predicted molar refractivity (Wildman–Crippen MR) is 106 cm³/mol. The first-order valence-electron chi connectivity index (χ1n) is 9.84. The molecule has 1 N–H and O–H groups in total. The van der Waals surface area contributed by atoms with Crippen LogP contribution < -0.4 is 5.32 Å². The molecule has 1 heterocycles. The molecule has 0 radical (unpaired) electrons. The molecule has 1 saturated heterocycles. The topological polar surface area (TPSA) is 92.8 Å². The fourth-order valence-corrected chi connectivity index (χ4v) is 5.06. The molecule has 0 saturated carbocycles. The van der Waals surface area contributed by atoms with Crippen LogP contribution in [-0.2, 0) is 19.6 Å². The average Bonchev–Trinajstić information content (AvgIpc) is 2.66.